The first kappa shape index (κ1) is 96.7. The quantitative estimate of drug-likeness (QED) is 0.0277. The van der Waals surface area contributed by atoms with Gasteiger partial charge in [0.2, 0.25) is 6.10 Å². The Morgan fingerprint density at radius 1 is 0.415 bits per heavy atom. The smallest absolute Gasteiger partial charge is 0.377 e. The highest BCUT2D eigenvalue weighted by molar-refractivity contribution is 7.97. The maximum atomic E-state index is 13.6. The summed E-state index contributed by atoms with van der Waals surface area (Å²) >= 11 is 0. The second-order valence-corrected chi connectivity index (χ2v) is 45.3. The molecule has 26 rings (SSSR count). The highest BCUT2D eigenvalue weighted by Crippen LogP contribution is 2.70. The van der Waals surface area contributed by atoms with Crippen LogP contribution in [0, 0.1) is 53.3 Å². The summed E-state index contributed by atoms with van der Waals surface area (Å²) in [6.07, 6.45) is -3.88. The molecule has 0 N–H and O–H groups in total. The number of hydrogen-bond donors (Lipinski definition) is 0. The number of rotatable bonds is 19. The highest BCUT2D eigenvalue weighted by atomic mass is 32.2. The van der Waals surface area contributed by atoms with Crippen molar-refractivity contribution in [3.8, 4) is 0 Å². The summed E-state index contributed by atoms with van der Waals surface area (Å²) in [5.74, 6) is -18.1. The number of halogens is 6. The molecule has 23 atom stereocenters. The predicted molar refractivity (Wildman–Crippen MR) is 461 cm³/mol. The van der Waals surface area contributed by atoms with Crippen LogP contribution >= 0.6 is 0 Å². The Morgan fingerprint density at radius 2 is 0.719 bits per heavy atom. The molecule has 0 aromatic heterocycles. The first-order valence-electron chi connectivity index (χ1n) is 47.5. The van der Waals surface area contributed by atoms with E-state index in [-0.39, 0.29) is 69.6 Å². The lowest BCUT2D eigenvalue weighted by molar-refractivity contribution is -0.344. The fourth-order valence-corrected chi connectivity index (χ4v) is 29.4. The molecule has 736 valence electrons. The molecule has 10 saturated heterocycles. The Morgan fingerprint density at radius 3 is 1.01 bits per heavy atom. The van der Waals surface area contributed by atoms with Crippen molar-refractivity contribution >= 4 is 63.6 Å². The van der Waals surface area contributed by atoms with Crippen LogP contribution < -0.4 is 0 Å². The molecule has 0 radical (unpaired) electrons. The molecule has 135 heavy (non-hydrogen) atoms. The number of benzene rings is 4. The van der Waals surface area contributed by atoms with E-state index in [2.05, 4.69) is 136 Å². The molecule has 3 spiro atoms. The molecule has 4 aromatic carbocycles. The summed E-state index contributed by atoms with van der Waals surface area (Å²) in [5.41, 5.74) is -1.09. The molecular formula is C99H120F6O28S2+2. The monoisotopic (exact) mass is 1930 g/mol. The van der Waals surface area contributed by atoms with Gasteiger partial charge in [0.25, 0.3) is 0 Å². The molecule has 10 aliphatic heterocycles. The van der Waals surface area contributed by atoms with Crippen molar-refractivity contribution in [1.29, 1.82) is 0 Å². The number of alkyl halides is 6. The van der Waals surface area contributed by atoms with Crippen molar-refractivity contribution in [2.45, 2.75) is 354 Å². The fourth-order valence-electron chi connectivity index (χ4n) is 25.5. The lowest BCUT2D eigenvalue weighted by Crippen LogP contribution is -2.66. The Bertz CT molecular complexity index is 4720. The summed E-state index contributed by atoms with van der Waals surface area (Å²) < 4.78 is 203. The van der Waals surface area contributed by atoms with Gasteiger partial charge in [-0.25, -0.2) is 28.8 Å². The Kier molecular flexibility index (Phi) is 26.3. The van der Waals surface area contributed by atoms with Gasteiger partial charge in [-0.15, -0.1) is 0 Å². The molecule has 0 amide bonds. The van der Waals surface area contributed by atoms with Gasteiger partial charge in [-0.1, -0.05) is 87.5 Å². The van der Waals surface area contributed by atoms with E-state index >= 15 is 0 Å². The zero-order valence-electron chi connectivity index (χ0n) is 77.3. The Hall–Kier alpha value is -7.11. The van der Waals surface area contributed by atoms with Crippen LogP contribution in [0.15, 0.2) is 135 Å². The van der Waals surface area contributed by atoms with Crippen molar-refractivity contribution < 1.29 is 159 Å². The molecule has 12 aliphatic carbocycles. The summed E-state index contributed by atoms with van der Waals surface area (Å²) in [6, 6.07) is 41.4. The third kappa shape index (κ3) is 18.5. The molecule has 10 heterocycles. The van der Waals surface area contributed by atoms with Gasteiger partial charge in [-0.05, 0) is 201 Å². The molecule has 22 aliphatic rings. The number of carbonyl (C=O) groups is 7. The number of ether oxygens (including phenoxy) is 21. The van der Waals surface area contributed by atoms with E-state index in [0.29, 0.717) is 103 Å². The maximum Gasteiger partial charge on any atom is 0.377 e. The average molecular weight is 1940 g/mol. The van der Waals surface area contributed by atoms with Crippen molar-refractivity contribution in [3.63, 3.8) is 0 Å². The van der Waals surface area contributed by atoms with Gasteiger partial charge in [0.1, 0.15) is 46.6 Å². The van der Waals surface area contributed by atoms with Crippen LogP contribution in [0.4, 0.5) is 26.3 Å². The lowest BCUT2D eigenvalue weighted by atomic mass is 9.51. The van der Waals surface area contributed by atoms with Crippen LogP contribution in [0.25, 0.3) is 0 Å². The highest BCUT2D eigenvalue weighted by Gasteiger charge is 2.78. The SMILES string of the molecule is CC(=O)OC1C(=O)OC2C3OC4(OC3OC12)C1CC2CC4CC(OC(=O)C(C)(F)F)(C2)C1.CC(C)(C)c1ccc([S+]2CCOCC2)cc1.CCOC(C)OC1C(=O)OC2C3OC4(OC3OC12)C1CC2CC4CC(OC(=O)C(C)(F)F)(C2)C1.CCOC(C)OC1C(=O)OC2C3OC4(OC3OC12)C1CC2CC4CC(OC(=O)C(C)(F)F)(C2)C1.c1ccc([S+](c2ccccc2)c2ccccc2)cc1. The summed E-state index contributed by atoms with van der Waals surface area (Å²) in [4.78, 5) is 90.0. The van der Waals surface area contributed by atoms with E-state index in [1.165, 1.54) is 43.6 Å². The minimum atomic E-state index is -3.55. The minimum absolute atomic E-state index is 0.0146. The van der Waals surface area contributed by atoms with Crippen LogP contribution in [0.3, 0.4) is 0 Å². The van der Waals surface area contributed by atoms with Crippen molar-refractivity contribution in [1.82, 2.24) is 0 Å². The second-order valence-electron chi connectivity index (χ2n) is 41.0. The third-order valence-corrected chi connectivity index (χ3v) is 34.8. The maximum absolute atomic E-state index is 13.6. The lowest BCUT2D eigenvalue weighted by Gasteiger charge is -2.62. The summed E-state index contributed by atoms with van der Waals surface area (Å²) in [7, 11) is 0.417. The van der Waals surface area contributed by atoms with Gasteiger partial charge in [-0.2, -0.15) is 26.3 Å². The molecule has 12 saturated carbocycles. The Balaban J connectivity index is 0.000000111. The molecule has 23 unspecified atom stereocenters. The number of hydrogen-bond acceptors (Lipinski definition) is 28. The number of carbonyl (C=O) groups excluding carboxylic acids is 7. The zero-order chi connectivity index (χ0) is 95.2. The van der Waals surface area contributed by atoms with Gasteiger partial charge in [0.15, 0.2) is 117 Å². The van der Waals surface area contributed by atoms with Crippen LogP contribution in [0.5, 0.6) is 0 Å². The van der Waals surface area contributed by atoms with E-state index in [1.807, 2.05) is 13.8 Å². The van der Waals surface area contributed by atoms with Gasteiger partial charge < -0.3 is 99.5 Å². The standard InChI is InChI=1S/2C23H30F2O9.C21H24F2O9.C18H15S.C14H21OS/c2*1-4-28-10(2)29-16-14-15(30-18(16)26)17-19(31-14)33-23(32-17)12-5-11-6-13(23)9-22(7-11,8-12)34-20(27)21(3,24)25;1-8(24)27-14-12-13(28-16(14)25)15-17(29-12)31-21(30-15)10-3-9-4-11(21)7-20(5-9,6-10)32-18(26)19(2,22)23;1-4-10-16(11-5-1)19(17-12-6-2-7-13-17)18-14-8-3-9-15-18;1-14(2,3)12-4-6-13(7-5-12)16-10-8-15-9-11-16/h2*10-17,19H,4-9H2,1-3H3;9-15,17H,3-7H2,1-2H3;1-15H;4-7H,8-11H2,1-3H3/q;;;2*+1. The van der Waals surface area contributed by atoms with Crippen molar-refractivity contribution in [2.75, 3.05) is 37.9 Å². The topological polar surface area (TPSA) is 313 Å². The molecule has 12 bridgehead atoms. The average Bonchev–Trinajstić information content (AvgIpc) is 1.56. The number of esters is 7. The first-order chi connectivity index (χ1) is 64.1. The first-order valence-corrected chi connectivity index (χ1v) is 50.3. The zero-order valence-corrected chi connectivity index (χ0v) is 79.0. The van der Waals surface area contributed by atoms with Gasteiger partial charge in [-0.3, -0.25) is 4.79 Å². The van der Waals surface area contributed by atoms with E-state index in [0.717, 1.165) is 51.7 Å². The van der Waals surface area contributed by atoms with Crippen molar-refractivity contribution in [2.24, 2.45) is 53.3 Å². The van der Waals surface area contributed by atoms with Crippen LogP contribution in [-0.2, 0) is 160 Å². The van der Waals surface area contributed by atoms with Crippen LogP contribution in [0.1, 0.15) is 178 Å². The van der Waals surface area contributed by atoms with Gasteiger partial charge in [0.05, 0.1) is 24.1 Å². The molecule has 36 heteroatoms. The Labute approximate surface area is 785 Å². The van der Waals surface area contributed by atoms with Gasteiger partial charge >= 0.3 is 59.6 Å². The van der Waals surface area contributed by atoms with E-state index in [9.17, 15) is 59.9 Å². The van der Waals surface area contributed by atoms with Gasteiger partial charge in [0, 0.05) is 87.3 Å². The molecule has 28 nitrogen and oxygen atoms in total. The largest absolute Gasteiger partial charge is 0.455 e. The van der Waals surface area contributed by atoms with E-state index in [1.54, 1.807) is 13.8 Å². The fraction of sp³-hybridized carbons (Fsp3) is 0.687. The minimum Gasteiger partial charge on any atom is -0.455 e. The third-order valence-electron chi connectivity index (χ3n) is 30.4. The molecular weight excluding hydrogens is 1820 g/mol. The van der Waals surface area contributed by atoms with Crippen LogP contribution in [-0.4, -0.2) is 236 Å². The normalized spacial score (nSPS) is 40.4. The second kappa shape index (κ2) is 36.8. The summed E-state index contributed by atoms with van der Waals surface area (Å²) in [5, 5.41) is 0. The number of fused-ring (bicyclic) bond motifs is 9. The molecule has 22 fully saturated rings. The van der Waals surface area contributed by atoms with Crippen molar-refractivity contribution in [3.05, 3.63) is 121 Å². The van der Waals surface area contributed by atoms with E-state index < -0.39 is 198 Å². The van der Waals surface area contributed by atoms with Crippen LogP contribution in [0.2, 0.25) is 0 Å². The summed E-state index contributed by atoms with van der Waals surface area (Å²) in [6.45, 7) is 19.5. The predicted octanol–water partition coefficient (Wildman–Crippen LogP) is 13.8. The van der Waals surface area contributed by atoms with E-state index in [4.69, 9.17) is 99.5 Å². The molecule has 4 aromatic rings.